The van der Waals surface area contributed by atoms with Gasteiger partial charge in [0, 0.05) is 18.5 Å². The Bertz CT molecular complexity index is 440. The maximum absolute atomic E-state index is 12.1. The molecule has 5 heteroatoms. The molecule has 2 atom stereocenters. The number of carbonyl (C=O) groups is 1. The van der Waals surface area contributed by atoms with Gasteiger partial charge in [-0.15, -0.1) is 12.4 Å². The molecule has 1 aromatic carbocycles. The lowest BCUT2D eigenvalue weighted by Gasteiger charge is -2.27. The first-order chi connectivity index (χ1) is 9.19. The van der Waals surface area contributed by atoms with Crippen molar-refractivity contribution in [1.82, 2.24) is 10.6 Å². The summed E-state index contributed by atoms with van der Waals surface area (Å²) in [6.45, 7) is 3.62. The monoisotopic (exact) mass is 298 g/mol. The second kappa shape index (κ2) is 8.12. The number of methoxy groups -OCH3 is 1. The number of piperidine rings is 1. The maximum Gasteiger partial charge on any atom is 0.223 e. The minimum absolute atomic E-state index is 0. The van der Waals surface area contributed by atoms with Gasteiger partial charge in [0.2, 0.25) is 5.91 Å². The van der Waals surface area contributed by atoms with Crippen molar-refractivity contribution in [1.29, 1.82) is 0 Å². The molecule has 0 unspecified atom stereocenters. The fourth-order valence-corrected chi connectivity index (χ4v) is 2.49. The average Bonchev–Trinajstić information content (AvgIpc) is 2.45. The summed E-state index contributed by atoms with van der Waals surface area (Å²) < 4.78 is 5.17. The summed E-state index contributed by atoms with van der Waals surface area (Å²) >= 11 is 0. The van der Waals surface area contributed by atoms with Gasteiger partial charge in [0.05, 0.1) is 7.11 Å². The maximum atomic E-state index is 12.1. The molecule has 1 saturated heterocycles. The molecule has 1 aliphatic heterocycles. The van der Waals surface area contributed by atoms with E-state index in [1.54, 1.807) is 7.11 Å². The molecule has 112 valence electrons. The Morgan fingerprint density at radius 3 is 3.00 bits per heavy atom. The van der Waals surface area contributed by atoms with Crippen LogP contribution in [0.1, 0.15) is 25.3 Å². The molecular weight excluding hydrogens is 276 g/mol. The SMILES string of the molecule is COc1cccc(CNC(=O)[C@H]2CCN[C@@H](C)C2)c1.Cl. The summed E-state index contributed by atoms with van der Waals surface area (Å²) in [4.78, 5) is 12.1. The Hall–Kier alpha value is -1.26. The van der Waals surface area contributed by atoms with E-state index in [0.717, 1.165) is 30.7 Å². The third-order valence-corrected chi connectivity index (χ3v) is 3.60. The lowest BCUT2D eigenvalue weighted by atomic mass is 9.92. The van der Waals surface area contributed by atoms with Gasteiger partial charge in [-0.05, 0) is 44.0 Å². The molecule has 20 heavy (non-hydrogen) atoms. The van der Waals surface area contributed by atoms with Crippen LogP contribution in [0.15, 0.2) is 24.3 Å². The van der Waals surface area contributed by atoms with E-state index in [1.807, 2.05) is 24.3 Å². The summed E-state index contributed by atoms with van der Waals surface area (Å²) in [6.07, 6.45) is 1.85. The van der Waals surface area contributed by atoms with Gasteiger partial charge in [-0.3, -0.25) is 4.79 Å². The molecule has 0 saturated carbocycles. The van der Waals surface area contributed by atoms with Crippen molar-refractivity contribution >= 4 is 18.3 Å². The smallest absolute Gasteiger partial charge is 0.223 e. The normalized spacial score (nSPS) is 21.7. The number of nitrogens with one attached hydrogen (secondary N) is 2. The van der Waals surface area contributed by atoms with Crippen LogP contribution in [-0.4, -0.2) is 25.6 Å². The molecular formula is C15H23ClN2O2. The van der Waals surface area contributed by atoms with E-state index in [1.165, 1.54) is 0 Å². The summed E-state index contributed by atoms with van der Waals surface area (Å²) in [5, 5.41) is 6.38. The highest BCUT2D eigenvalue weighted by molar-refractivity contribution is 5.85. The molecule has 2 N–H and O–H groups in total. The van der Waals surface area contributed by atoms with Crippen molar-refractivity contribution in [3.63, 3.8) is 0 Å². The van der Waals surface area contributed by atoms with Crippen LogP contribution in [0, 0.1) is 5.92 Å². The van der Waals surface area contributed by atoms with Crippen molar-refractivity contribution in [3.05, 3.63) is 29.8 Å². The first-order valence-electron chi connectivity index (χ1n) is 6.83. The standard InChI is InChI=1S/C15H22N2O2.ClH/c1-11-8-13(6-7-16-11)15(18)17-10-12-4-3-5-14(9-12)19-2;/h3-5,9,11,13,16H,6-8,10H2,1-2H3,(H,17,18);1H/t11-,13-;/m0./s1. The van der Waals surface area contributed by atoms with Crippen molar-refractivity contribution in [3.8, 4) is 5.75 Å². The molecule has 0 spiro atoms. The van der Waals surface area contributed by atoms with Gasteiger partial charge in [0.1, 0.15) is 5.75 Å². The summed E-state index contributed by atoms with van der Waals surface area (Å²) in [5.74, 6) is 1.13. The van der Waals surface area contributed by atoms with E-state index in [-0.39, 0.29) is 24.2 Å². The zero-order valence-corrected chi connectivity index (χ0v) is 12.8. The second-order valence-electron chi connectivity index (χ2n) is 5.15. The summed E-state index contributed by atoms with van der Waals surface area (Å²) in [5.41, 5.74) is 1.06. The Balaban J connectivity index is 0.00000200. The number of carbonyl (C=O) groups excluding carboxylic acids is 1. The van der Waals surface area contributed by atoms with Crippen LogP contribution >= 0.6 is 12.4 Å². The molecule has 0 aromatic heterocycles. The van der Waals surface area contributed by atoms with Crippen LogP contribution < -0.4 is 15.4 Å². The highest BCUT2D eigenvalue weighted by Crippen LogP contribution is 2.17. The van der Waals surface area contributed by atoms with Gasteiger partial charge in [-0.25, -0.2) is 0 Å². The first kappa shape index (κ1) is 16.8. The summed E-state index contributed by atoms with van der Waals surface area (Å²) in [7, 11) is 1.65. The van der Waals surface area contributed by atoms with Crippen LogP contribution in [0.3, 0.4) is 0 Å². The van der Waals surface area contributed by atoms with E-state index in [0.29, 0.717) is 12.6 Å². The van der Waals surface area contributed by atoms with Crippen LogP contribution in [-0.2, 0) is 11.3 Å². The molecule has 2 rings (SSSR count). The number of halogens is 1. The van der Waals surface area contributed by atoms with Gasteiger partial charge >= 0.3 is 0 Å². The van der Waals surface area contributed by atoms with Crippen LogP contribution in [0.2, 0.25) is 0 Å². The van der Waals surface area contributed by atoms with E-state index in [2.05, 4.69) is 17.6 Å². The lowest BCUT2D eigenvalue weighted by molar-refractivity contribution is -0.126. The molecule has 1 amide bonds. The largest absolute Gasteiger partial charge is 0.497 e. The van der Waals surface area contributed by atoms with Gasteiger partial charge in [0.25, 0.3) is 0 Å². The average molecular weight is 299 g/mol. The number of benzene rings is 1. The highest BCUT2D eigenvalue weighted by Gasteiger charge is 2.24. The number of ether oxygens (including phenoxy) is 1. The quantitative estimate of drug-likeness (QED) is 0.895. The van der Waals surface area contributed by atoms with Gasteiger partial charge in [-0.2, -0.15) is 0 Å². The molecule has 0 bridgehead atoms. The van der Waals surface area contributed by atoms with Gasteiger partial charge < -0.3 is 15.4 Å². The van der Waals surface area contributed by atoms with E-state index < -0.39 is 0 Å². The number of hydrogen-bond acceptors (Lipinski definition) is 3. The van der Waals surface area contributed by atoms with Gasteiger partial charge in [0.15, 0.2) is 0 Å². The van der Waals surface area contributed by atoms with E-state index in [9.17, 15) is 4.79 Å². The highest BCUT2D eigenvalue weighted by atomic mass is 35.5. The fourth-order valence-electron chi connectivity index (χ4n) is 2.49. The topological polar surface area (TPSA) is 50.4 Å². The predicted octanol–water partition coefficient (Wildman–Crippen LogP) is 2.12. The van der Waals surface area contributed by atoms with Crippen molar-refractivity contribution < 1.29 is 9.53 Å². The fraction of sp³-hybridized carbons (Fsp3) is 0.533. The minimum Gasteiger partial charge on any atom is -0.497 e. The molecule has 1 aromatic rings. The zero-order chi connectivity index (χ0) is 13.7. The zero-order valence-electron chi connectivity index (χ0n) is 12.0. The third-order valence-electron chi connectivity index (χ3n) is 3.60. The number of amides is 1. The van der Waals surface area contributed by atoms with E-state index >= 15 is 0 Å². The molecule has 1 fully saturated rings. The first-order valence-corrected chi connectivity index (χ1v) is 6.83. The lowest BCUT2D eigenvalue weighted by Crippen LogP contribution is -2.42. The van der Waals surface area contributed by atoms with Crippen molar-refractivity contribution in [2.75, 3.05) is 13.7 Å². The van der Waals surface area contributed by atoms with Crippen molar-refractivity contribution in [2.45, 2.75) is 32.4 Å². The second-order valence-corrected chi connectivity index (χ2v) is 5.15. The summed E-state index contributed by atoms with van der Waals surface area (Å²) in [6, 6.07) is 8.22. The Kier molecular flexibility index (Phi) is 6.82. The molecule has 4 nitrogen and oxygen atoms in total. The predicted molar refractivity (Wildman–Crippen MR) is 82.3 cm³/mol. The van der Waals surface area contributed by atoms with Crippen LogP contribution in [0.4, 0.5) is 0 Å². The Morgan fingerprint density at radius 1 is 1.50 bits per heavy atom. The minimum atomic E-state index is 0. The van der Waals surface area contributed by atoms with Crippen LogP contribution in [0.5, 0.6) is 5.75 Å². The molecule has 0 radical (unpaired) electrons. The molecule has 0 aliphatic carbocycles. The van der Waals surface area contributed by atoms with Crippen LogP contribution in [0.25, 0.3) is 0 Å². The molecule has 1 aliphatic rings. The Morgan fingerprint density at radius 2 is 2.30 bits per heavy atom. The van der Waals surface area contributed by atoms with Crippen molar-refractivity contribution in [2.24, 2.45) is 5.92 Å². The van der Waals surface area contributed by atoms with Gasteiger partial charge in [-0.1, -0.05) is 12.1 Å². The molecule has 1 heterocycles. The number of rotatable bonds is 4. The number of hydrogen-bond donors (Lipinski definition) is 2. The van der Waals surface area contributed by atoms with E-state index in [4.69, 9.17) is 4.74 Å². The third kappa shape index (κ3) is 4.69. The Labute approximate surface area is 126 Å².